The number of nitrogen functional groups attached to an aromatic ring is 1. The van der Waals surface area contributed by atoms with E-state index in [2.05, 4.69) is 74.5 Å². The molecule has 0 saturated carbocycles. The first-order valence-electron chi connectivity index (χ1n) is 14.4. The van der Waals surface area contributed by atoms with Gasteiger partial charge < -0.3 is 15.5 Å². The fourth-order valence-electron chi connectivity index (χ4n) is 5.05. The zero-order chi connectivity index (χ0) is 30.8. The molecule has 1 unspecified atom stereocenters. The molecule has 1 atom stereocenters. The summed E-state index contributed by atoms with van der Waals surface area (Å²) in [5.74, 6) is 0. The van der Waals surface area contributed by atoms with Gasteiger partial charge in [0.1, 0.15) is 11.2 Å². The number of rotatable bonds is 12. The molecule has 3 N–H and O–H groups in total. The number of benzene rings is 3. The molecular formula is C40H40N2O. The van der Waals surface area contributed by atoms with Crippen molar-refractivity contribution in [2.75, 3.05) is 5.73 Å². The van der Waals surface area contributed by atoms with Crippen LogP contribution in [0.1, 0.15) is 37.9 Å². The number of allylic oxidation sites excluding steroid dienone is 12. The predicted octanol–water partition coefficient (Wildman–Crippen LogP) is 10.7. The Bertz CT molecular complexity index is 1830. The molecule has 0 saturated heterocycles. The predicted molar refractivity (Wildman–Crippen MR) is 188 cm³/mol. The van der Waals surface area contributed by atoms with Crippen LogP contribution in [0.2, 0.25) is 0 Å². The van der Waals surface area contributed by atoms with E-state index in [9.17, 15) is 0 Å². The standard InChI is InChI=1S/C40H40N2O/c1-7-11-21-37(42-40(31(16-8-2)17-9-3)34-19-12-14-20-36(34)41)29(6)28(5)23-24-30(10-4)32-25-26-39-35(27-32)33-18-13-15-22-38(33)43-39/h7-27,40,42H,1-2,5,41H2,3-4,6H3/b17-9-,21-11-,24-23-,30-10+,31-16+,37-29-. The van der Waals surface area contributed by atoms with E-state index in [1.807, 2.05) is 86.7 Å². The molecule has 43 heavy (non-hydrogen) atoms. The van der Waals surface area contributed by atoms with Crippen LogP contribution in [-0.2, 0) is 0 Å². The van der Waals surface area contributed by atoms with Crippen molar-refractivity contribution in [3.05, 3.63) is 181 Å². The van der Waals surface area contributed by atoms with Crippen LogP contribution in [0.15, 0.2) is 174 Å². The molecule has 4 rings (SSSR count). The van der Waals surface area contributed by atoms with E-state index >= 15 is 0 Å². The summed E-state index contributed by atoms with van der Waals surface area (Å²) in [5.41, 5.74) is 16.0. The van der Waals surface area contributed by atoms with Crippen molar-refractivity contribution in [2.45, 2.75) is 26.8 Å². The summed E-state index contributed by atoms with van der Waals surface area (Å²) in [4.78, 5) is 0. The molecule has 1 heterocycles. The monoisotopic (exact) mass is 564 g/mol. The number of fused-ring (bicyclic) bond motifs is 3. The third kappa shape index (κ3) is 7.14. The number of hydrogen-bond donors (Lipinski definition) is 2. The molecule has 0 aliphatic rings. The molecule has 0 amide bonds. The van der Waals surface area contributed by atoms with E-state index in [0.29, 0.717) is 5.69 Å². The van der Waals surface area contributed by atoms with Gasteiger partial charge in [0, 0.05) is 27.7 Å². The number of para-hydroxylation sites is 2. The minimum Gasteiger partial charge on any atom is -0.456 e. The zero-order valence-corrected chi connectivity index (χ0v) is 25.3. The third-order valence-electron chi connectivity index (χ3n) is 7.38. The van der Waals surface area contributed by atoms with Crippen LogP contribution < -0.4 is 11.1 Å². The highest BCUT2D eigenvalue weighted by Crippen LogP contribution is 2.32. The van der Waals surface area contributed by atoms with Crippen LogP contribution in [0.4, 0.5) is 5.69 Å². The van der Waals surface area contributed by atoms with Crippen molar-refractivity contribution in [2.24, 2.45) is 0 Å². The van der Waals surface area contributed by atoms with Crippen LogP contribution in [0, 0.1) is 0 Å². The number of hydrogen-bond acceptors (Lipinski definition) is 3. The van der Waals surface area contributed by atoms with Crippen molar-refractivity contribution in [1.82, 2.24) is 5.32 Å². The lowest BCUT2D eigenvalue weighted by atomic mass is 9.94. The van der Waals surface area contributed by atoms with Gasteiger partial charge in [-0.1, -0.05) is 117 Å². The Morgan fingerprint density at radius 1 is 0.860 bits per heavy atom. The quantitative estimate of drug-likeness (QED) is 0.133. The molecule has 216 valence electrons. The largest absolute Gasteiger partial charge is 0.456 e. The van der Waals surface area contributed by atoms with Gasteiger partial charge in [-0.05, 0) is 79.0 Å². The first kappa shape index (κ1) is 30.7. The van der Waals surface area contributed by atoms with E-state index in [4.69, 9.17) is 10.2 Å². The van der Waals surface area contributed by atoms with Crippen LogP contribution >= 0.6 is 0 Å². The lowest BCUT2D eigenvalue weighted by Crippen LogP contribution is -2.23. The number of furan rings is 1. The van der Waals surface area contributed by atoms with Crippen molar-refractivity contribution in [1.29, 1.82) is 0 Å². The molecule has 4 aromatic rings. The van der Waals surface area contributed by atoms with Gasteiger partial charge in [-0.15, -0.1) is 0 Å². The van der Waals surface area contributed by atoms with Gasteiger partial charge in [0.25, 0.3) is 0 Å². The summed E-state index contributed by atoms with van der Waals surface area (Å²) < 4.78 is 6.03. The van der Waals surface area contributed by atoms with Crippen LogP contribution in [-0.4, -0.2) is 0 Å². The Labute approximate surface area is 255 Å². The minimum atomic E-state index is -0.214. The molecule has 0 aliphatic carbocycles. The van der Waals surface area contributed by atoms with Crippen molar-refractivity contribution >= 4 is 33.2 Å². The second-order valence-electron chi connectivity index (χ2n) is 10.2. The van der Waals surface area contributed by atoms with Gasteiger partial charge in [0.15, 0.2) is 0 Å². The van der Waals surface area contributed by atoms with E-state index < -0.39 is 0 Å². The summed E-state index contributed by atoms with van der Waals surface area (Å²) in [6.45, 7) is 18.4. The topological polar surface area (TPSA) is 51.2 Å². The highest BCUT2D eigenvalue weighted by molar-refractivity contribution is 6.06. The maximum absolute atomic E-state index is 6.46. The van der Waals surface area contributed by atoms with Crippen LogP contribution in [0.25, 0.3) is 27.5 Å². The molecule has 1 aromatic heterocycles. The fourth-order valence-corrected chi connectivity index (χ4v) is 5.05. The molecule has 0 aliphatic heterocycles. The number of nitrogens with two attached hydrogens (primary N) is 1. The molecule has 0 radical (unpaired) electrons. The summed E-state index contributed by atoms with van der Waals surface area (Å²) in [6, 6.07) is 22.2. The Hall–Kier alpha value is -5.28. The summed E-state index contributed by atoms with van der Waals surface area (Å²) >= 11 is 0. The lowest BCUT2D eigenvalue weighted by Gasteiger charge is -2.25. The average molecular weight is 565 g/mol. The Morgan fingerprint density at radius 2 is 1.60 bits per heavy atom. The smallest absolute Gasteiger partial charge is 0.135 e. The van der Waals surface area contributed by atoms with E-state index in [1.54, 1.807) is 12.2 Å². The average Bonchev–Trinajstić information content (AvgIpc) is 3.40. The number of nitrogens with one attached hydrogen (secondary N) is 1. The maximum atomic E-state index is 6.46. The zero-order valence-electron chi connectivity index (χ0n) is 25.3. The lowest BCUT2D eigenvalue weighted by molar-refractivity contribution is 0.669. The molecule has 3 nitrogen and oxygen atoms in total. The van der Waals surface area contributed by atoms with E-state index in [1.165, 1.54) is 0 Å². The molecule has 3 aromatic carbocycles. The Morgan fingerprint density at radius 3 is 2.33 bits per heavy atom. The van der Waals surface area contributed by atoms with E-state index in [-0.39, 0.29) is 6.04 Å². The summed E-state index contributed by atoms with van der Waals surface area (Å²) in [6.07, 6.45) is 19.9. The molecule has 0 spiro atoms. The molecule has 0 bridgehead atoms. The van der Waals surface area contributed by atoms with Gasteiger partial charge in [0.05, 0.1) is 6.04 Å². The van der Waals surface area contributed by atoms with Crippen molar-refractivity contribution in [3.8, 4) is 0 Å². The van der Waals surface area contributed by atoms with Crippen molar-refractivity contribution < 1.29 is 4.42 Å². The second-order valence-corrected chi connectivity index (χ2v) is 10.2. The van der Waals surface area contributed by atoms with Gasteiger partial charge in [-0.2, -0.15) is 0 Å². The summed E-state index contributed by atoms with van der Waals surface area (Å²) in [5, 5.41) is 5.96. The van der Waals surface area contributed by atoms with Gasteiger partial charge >= 0.3 is 0 Å². The minimum absolute atomic E-state index is 0.214. The van der Waals surface area contributed by atoms with Crippen molar-refractivity contribution in [3.63, 3.8) is 0 Å². The van der Waals surface area contributed by atoms with Gasteiger partial charge in [-0.3, -0.25) is 0 Å². The molecular weight excluding hydrogens is 524 g/mol. The van der Waals surface area contributed by atoms with Gasteiger partial charge in [0.2, 0.25) is 0 Å². The first-order chi connectivity index (χ1) is 20.9. The SMILES string of the molecule is C=C/C=C\C(NC(C(/C=C\C)=C/C=C)c1ccccc1N)=C(/C)C(=C)/C=C\C(=C/C)c1ccc2oc3ccccc3c2c1. The maximum Gasteiger partial charge on any atom is 0.135 e. The Kier molecular flexibility index (Phi) is 10.4. The molecule has 3 heteroatoms. The van der Waals surface area contributed by atoms with Crippen LogP contribution in [0.3, 0.4) is 0 Å². The summed E-state index contributed by atoms with van der Waals surface area (Å²) in [7, 11) is 0. The first-order valence-corrected chi connectivity index (χ1v) is 14.4. The number of anilines is 1. The fraction of sp³-hybridized carbons (Fsp3) is 0.100. The van der Waals surface area contributed by atoms with Crippen LogP contribution in [0.5, 0.6) is 0 Å². The normalized spacial score (nSPS) is 14.1. The van der Waals surface area contributed by atoms with E-state index in [0.717, 1.165) is 61.1 Å². The highest BCUT2D eigenvalue weighted by Gasteiger charge is 2.19. The molecule has 0 fully saturated rings. The Balaban J connectivity index is 1.70. The second kappa shape index (κ2) is 14.6. The highest BCUT2D eigenvalue weighted by atomic mass is 16.3. The van der Waals surface area contributed by atoms with Gasteiger partial charge in [-0.25, -0.2) is 0 Å². The third-order valence-corrected chi connectivity index (χ3v) is 7.38.